The van der Waals surface area contributed by atoms with Crippen molar-refractivity contribution in [3.05, 3.63) is 175 Å². The fourth-order valence-electron chi connectivity index (χ4n) is 7.30. The van der Waals surface area contributed by atoms with Crippen molar-refractivity contribution in [2.45, 2.75) is 37.8 Å². The Bertz CT molecular complexity index is 2060. The monoisotopic (exact) mass is 594 g/mol. The van der Waals surface area contributed by atoms with Crippen molar-refractivity contribution >= 4 is 49.9 Å². The van der Waals surface area contributed by atoms with E-state index in [9.17, 15) is 0 Å². The van der Waals surface area contributed by atoms with Crippen LogP contribution in [0.1, 0.15) is 31.2 Å². The third-order valence-corrected chi connectivity index (χ3v) is 9.55. The van der Waals surface area contributed by atoms with Gasteiger partial charge in [-0.05, 0) is 84.0 Å². The topological polar surface area (TPSA) is 6.48 Å². The molecule has 0 N–H and O–H groups in total. The Morgan fingerprint density at radius 2 is 1.15 bits per heavy atom. The highest BCUT2D eigenvalue weighted by Crippen LogP contribution is 2.40. The molecule has 2 unspecified atom stereocenters. The molecule has 0 fully saturated rings. The third-order valence-electron chi connectivity index (χ3n) is 9.55. The van der Waals surface area contributed by atoms with Gasteiger partial charge in [-0.1, -0.05) is 134 Å². The minimum atomic E-state index is 0.307. The first-order chi connectivity index (χ1) is 22.8. The Balaban J connectivity index is 1.10. The van der Waals surface area contributed by atoms with E-state index in [0.717, 1.165) is 17.8 Å². The van der Waals surface area contributed by atoms with Crippen molar-refractivity contribution in [3.8, 4) is 0 Å². The SMILES string of the molecule is C1=CC(N(c2cccc3ccccc23)C2C=CC(c3ccc(N(c4ccccc4)c4cccc5ccccc45)cc3)=CC2)CCC1. The number of fused-ring (bicyclic) bond motifs is 2. The average molecular weight is 595 g/mol. The third kappa shape index (κ3) is 5.41. The molecule has 0 aliphatic heterocycles. The van der Waals surface area contributed by atoms with Gasteiger partial charge in [-0.2, -0.15) is 0 Å². The molecule has 8 rings (SSSR count). The lowest BCUT2D eigenvalue weighted by Gasteiger charge is -2.40. The molecule has 0 amide bonds. The van der Waals surface area contributed by atoms with Gasteiger partial charge in [0.2, 0.25) is 0 Å². The summed E-state index contributed by atoms with van der Waals surface area (Å²) in [5.74, 6) is 0. The lowest BCUT2D eigenvalue weighted by Crippen LogP contribution is -2.42. The molecule has 0 radical (unpaired) electrons. The van der Waals surface area contributed by atoms with Crippen molar-refractivity contribution in [3.63, 3.8) is 0 Å². The second-order valence-electron chi connectivity index (χ2n) is 12.4. The van der Waals surface area contributed by atoms with E-state index in [-0.39, 0.29) is 0 Å². The van der Waals surface area contributed by atoms with Crippen LogP contribution in [0.4, 0.5) is 22.7 Å². The summed E-state index contributed by atoms with van der Waals surface area (Å²) in [4.78, 5) is 5.04. The fourth-order valence-corrected chi connectivity index (χ4v) is 7.30. The molecule has 2 atom stereocenters. The molecular formula is C44H38N2. The first-order valence-corrected chi connectivity index (χ1v) is 16.6. The zero-order chi connectivity index (χ0) is 30.7. The second-order valence-corrected chi connectivity index (χ2v) is 12.4. The highest BCUT2D eigenvalue weighted by atomic mass is 15.2. The number of hydrogen-bond acceptors (Lipinski definition) is 2. The van der Waals surface area contributed by atoms with Crippen LogP contribution in [-0.4, -0.2) is 12.1 Å². The van der Waals surface area contributed by atoms with Gasteiger partial charge in [0.25, 0.3) is 0 Å². The van der Waals surface area contributed by atoms with E-state index in [4.69, 9.17) is 0 Å². The molecule has 0 aromatic heterocycles. The molecule has 2 aliphatic carbocycles. The van der Waals surface area contributed by atoms with E-state index in [0.29, 0.717) is 12.1 Å². The summed E-state index contributed by atoms with van der Waals surface area (Å²) in [6.07, 6.45) is 16.6. The Labute approximate surface area is 272 Å². The predicted molar refractivity (Wildman–Crippen MR) is 197 cm³/mol. The van der Waals surface area contributed by atoms with Gasteiger partial charge in [-0.15, -0.1) is 0 Å². The number of nitrogens with zero attached hydrogens (tertiary/aromatic N) is 2. The van der Waals surface area contributed by atoms with Crippen LogP contribution in [-0.2, 0) is 0 Å². The van der Waals surface area contributed by atoms with E-state index in [1.54, 1.807) is 0 Å². The number of para-hydroxylation sites is 1. The smallest absolute Gasteiger partial charge is 0.0540 e. The number of hydrogen-bond donors (Lipinski definition) is 0. The number of benzene rings is 6. The Hall–Kier alpha value is -5.34. The van der Waals surface area contributed by atoms with Crippen molar-refractivity contribution in [1.82, 2.24) is 0 Å². The van der Waals surface area contributed by atoms with Gasteiger partial charge in [0.05, 0.1) is 11.7 Å². The number of allylic oxidation sites excluding steroid dienone is 3. The molecule has 6 aromatic rings. The van der Waals surface area contributed by atoms with Crippen molar-refractivity contribution in [1.29, 1.82) is 0 Å². The van der Waals surface area contributed by atoms with Crippen LogP contribution in [0, 0.1) is 0 Å². The summed E-state index contributed by atoms with van der Waals surface area (Å²) in [5.41, 5.74) is 7.35. The number of anilines is 4. The summed E-state index contributed by atoms with van der Waals surface area (Å²) >= 11 is 0. The van der Waals surface area contributed by atoms with E-state index in [1.807, 2.05) is 0 Å². The summed E-state index contributed by atoms with van der Waals surface area (Å²) < 4.78 is 0. The first kappa shape index (κ1) is 28.2. The van der Waals surface area contributed by atoms with Gasteiger partial charge in [0, 0.05) is 33.9 Å². The first-order valence-electron chi connectivity index (χ1n) is 16.6. The Morgan fingerprint density at radius 3 is 1.83 bits per heavy atom. The van der Waals surface area contributed by atoms with Crippen LogP contribution in [0.3, 0.4) is 0 Å². The molecule has 0 saturated heterocycles. The van der Waals surface area contributed by atoms with Crippen LogP contribution in [0.5, 0.6) is 0 Å². The highest BCUT2D eigenvalue weighted by Gasteiger charge is 2.27. The fraction of sp³-hybridized carbons (Fsp3) is 0.136. The minimum absolute atomic E-state index is 0.307. The van der Waals surface area contributed by atoms with Crippen LogP contribution in [0.15, 0.2) is 170 Å². The molecule has 6 aromatic carbocycles. The van der Waals surface area contributed by atoms with Gasteiger partial charge in [-0.25, -0.2) is 0 Å². The quantitative estimate of drug-likeness (QED) is 0.170. The average Bonchev–Trinajstić information content (AvgIpc) is 3.14. The zero-order valence-corrected chi connectivity index (χ0v) is 26.0. The van der Waals surface area contributed by atoms with E-state index >= 15 is 0 Å². The normalized spacial score (nSPS) is 17.6. The maximum absolute atomic E-state index is 2.67. The second kappa shape index (κ2) is 12.6. The van der Waals surface area contributed by atoms with Crippen molar-refractivity contribution < 1.29 is 0 Å². The summed E-state index contributed by atoms with van der Waals surface area (Å²) in [5, 5.41) is 5.11. The highest BCUT2D eigenvalue weighted by molar-refractivity contribution is 5.99. The lowest BCUT2D eigenvalue weighted by molar-refractivity contribution is 0.552. The Kier molecular flexibility index (Phi) is 7.70. The van der Waals surface area contributed by atoms with E-state index in [2.05, 4.69) is 180 Å². The molecule has 2 aliphatic rings. The van der Waals surface area contributed by atoms with E-state index in [1.165, 1.54) is 63.3 Å². The molecule has 0 heterocycles. The maximum atomic E-state index is 2.67. The molecule has 46 heavy (non-hydrogen) atoms. The van der Waals surface area contributed by atoms with Gasteiger partial charge < -0.3 is 9.80 Å². The van der Waals surface area contributed by atoms with E-state index < -0.39 is 0 Å². The lowest BCUT2D eigenvalue weighted by atomic mass is 9.92. The molecule has 0 bridgehead atoms. The van der Waals surface area contributed by atoms with Gasteiger partial charge >= 0.3 is 0 Å². The van der Waals surface area contributed by atoms with Crippen LogP contribution in [0.2, 0.25) is 0 Å². The van der Waals surface area contributed by atoms with Crippen LogP contribution >= 0.6 is 0 Å². The standard InChI is InChI=1S/C44H38N2/c1-3-17-37(18-4-1)45(43-23-11-15-35-13-7-9-21-41(35)43)39-29-25-33(26-30-39)34-27-31-40(32-28-34)46(38-19-5-2-6-20-38)44-24-12-16-36-14-8-10-22-42(36)44/h1,3-5,7-19,21-31,38,40H,2,6,20,32H2. The summed E-state index contributed by atoms with van der Waals surface area (Å²) in [6.45, 7) is 0. The molecule has 0 spiro atoms. The van der Waals surface area contributed by atoms with Crippen molar-refractivity contribution in [2.75, 3.05) is 9.80 Å². The number of rotatable bonds is 7. The zero-order valence-electron chi connectivity index (χ0n) is 26.0. The molecule has 224 valence electrons. The largest absolute Gasteiger partial charge is 0.358 e. The predicted octanol–water partition coefficient (Wildman–Crippen LogP) is 11.8. The van der Waals surface area contributed by atoms with Gasteiger partial charge in [0.15, 0.2) is 0 Å². The molecule has 0 saturated carbocycles. The summed E-state index contributed by atoms with van der Waals surface area (Å²) in [7, 11) is 0. The summed E-state index contributed by atoms with van der Waals surface area (Å²) in [6, 6.07) is 51.2. The van der Waals surface area contributed by atoms with Gasteiger partial charge in [-0.3, -0.25) is 0 Å². The van der Waals surface area contributed by atoms with Crippen molar-refractivity contribution in [2.24, 2.45) is 0 Å². The van der Waals surface area contributed by atoms with Crippen LogP contribution in [0.25, 0.3) is 27.1 Å². The van der Waals surface area contributed by atoms with Crippen LogP contribution < -0.4 is 9.80 Å². The molecular weight excluding hydrogens is 556 g/mol. The van der Waals surface area contributed by atoms with Gasteiger partial charge in [0.1, 0.15) is 0 Å². The minimum Gasteiger partial charge on any atom is -0.358 e. The maximum Gasteiger partial charge on any atom is 0.0540 e. The molecule has 2 heteroatoms. The Morgan fingerprint density at radius 1 is 0.522 bits per heavy atom. The molecule has 2 nitrogen and oxygen atoms in total.